The van der Waals surface area contributed by atoms with Crippen molar-refractivity contribution in [2.75, 3.05) is 33.2 Å². The van der Waals surface area contributed by atoms with E-state index in [2.05, 4.69) is 16.8 Å². The number of carbonyl (C=O) groups excluding carboxylic acids is 1. The van der Waals surface area contributed by atoms with Crippen molar-refractivity contribution in [3.05, 3.63) is 71.8 Å². The standard InChI is InChI=1S/C19H23N3O/c1-21-12-14-22(15-13-21)19(18(20)23,16-8-4-2-5-9-16)17-10-6-3-7-11-17/h2-11H,12-15H2,1H3,(H2,20,23). The van der Waals surface area contributed by atoms with Gasteiger partial charge < -0.3 is 10.6 Å². The van der Waals surface area contributed by atoms with Crippen LogP contribution < -0.4 is 5.73 Å². The molecule has 0 saturated carbocycles. The number of carbonyl (C=O) groups is 1. The van der Waals surface area contributed by atoms with E-state index in [0.717, 1.165) is 37.3 Å². The van der Waals surface area contributed by atoms with Crippen LogP contribution >= 0.6 is 0 Å². The van der Waals surface area contributed by atoms with Gasteiger partial charge in [-0.15, -0.1) is 0 Å². The Morgan fingerprint density at radius 1 is 0.870 bits per heavy atom. The van der Waals surface area contributed by atoms with Crippen molar-refractivity contribution in [3.8, 4) is 0 Å². The number of amides is 1. The molecule has 2 aromatic carbocycles. The van der Waals surface area contributed by atoms with Crippen LogP contribution in [0.4, 0.5) is 0 Å². The lowest BCUT2D eigenvalue weighted by molar-refractivity contribution is -0.129. The highest BCUT2D eigenvalue weighted by molar-refractivity contribution is 5.90. The van der Waals surface area contributed by atoms with E-state index < -0.39 is 5.54 Å². The van der Waals surface area contributed by atoms with Crippen molar-refractivity contribution in [2.45, 2.75) is 5.54 Å². The maximum Gasteiger partial charge on any atom is 0.247 e. The van der Waals surface area contributed by atoms with E-state index in [9.17, 15) is 4.79 Å². The molecule has 0 atom stereocenters. The zero-order chi connectivity index (χ0) is 16.3. The number of nitrogens with zero attached hydrogens (tertiary/aromatic N) is 2. The molecule has 0 aromatic heterocycles. The monoisotopic (exact) mass is 309 g/mol. The molecule has 0 bridgehead atoms. The van der Waals surface area contributed by atoms with Crippen molar-refractivity contribution in [3.63, 3.8) is 0 Å². The molecule has 4 heteroatoms. The zero-order valence-electron chi connectivity index (χ0n) is 13.5. The molecular weight excluding hydrogens is 286 g/mol. The summed E-state index contributed by atoms with van der Waals surface area (Å²) in [7, 11) is 2.11. The molecule has 0 radical (unpaired) electrons. The average Bonchev–Trinajstić information content (AvgIpc) is 2.59. The maximum absolute atomic E-state index is 12.8. The molecule has 1 aliphatic heterocycles. The minimum atomic E-state index is -0.913. The molecule has 0 unspecified atom stereocenters. The molecule has 1 heterocycles. The third kappa shape index (κ3) is 2.76. The number of piperazine rings is 1. The summed E-state index contributed by atoms with van der Waals surface area (Å²) in [6.07, 6.45) is 0. The summed E-state index contributed by atoms with van der Waals surface area (Å²) in [5, 5.41) is 0. The predicted molar refractivity (Wildman–Crippen MR) is 91.9 cm³/mol. The van der Waals surface area contributed by atoms with Crippen LogP contribution in [0.3, 0.4) is 0 Å². The van der Waals surface area contributed by atoms with Crippen LogP contribution in [0.1, 0.15) is 11.1 Å². The zero-order valence-corrected chi connectivity index (χ0v) is 13.5. The summed E-state index contributed by atoms with van der Waals surface area (Å²) in [5.74, 6) is -0.320. The number of likely N-dealkylation sites (N-methyl/N-ethyl adjacent to an activating group) is 1. The summed E-state index contributed by atoms with van der Waals surface area (Å²) in [6, 6.07) is 19.8. The molecule has 3 rings (SSSR count). The fourth-order valence-electron chi connectivity index (χ4n) is 3.47. The first-order valence-electron chi connectivity index (χ1n) is 8.00. The Morgan fingerprint density at radius 2 is 1.30 bits per heavy atom. The Kier molecular flexibility index (Phi) is 4.46. The fraction of sp³-hybridized carbons (Fsp3) is 0.316. The normalized spacial score (nSPS) is 17.1. The average molecular weight is 309 g/mol. The molecule has 2 N–H and O–H groups in total. The topological polar surface area (TPSA) is 49.6 Å². The van der Waals surface area contributed by atoms with Crippen molar-refractivity contribution in [2.24, 2.45) is 5.73 Å². The van der Waals surface area contributed by atoms with Gasteiger partial charge in [-0.2, -0.15) is 0 Å². The van der Waals surface area contributed by atoms with Gasteiger partial charge in [0.1, 0.15) is 0 Å². The second kappa shape index (κ2) is 6.52. The number of nitrogens with two attached hydrogens (primary N) is 1. The lowest BCUT2D eigenvalue weighted by atomic mass is 9.80. The van der Waals surface area contributed by atoms with Crippen LogP contribution in [0, 0.1) is 0 Å². The molecule has 1 amide bonds. The summed E-state index contributed by atoms with van der Waals surface area (Å²) in [4.78, 5) is 17.3. The SMILES string of the molecule is CN1CCN(C(C(N)=O)(c2ccccc2)c2ccccc2)CC1. The number of primary amides is 1. The minimum Gasteiger partial charge on any atom is -0.367 e. The number of benzene rings is 2. The van der Waals surface area contributed by atoms with Gasteiger partial charge in [0.15, 0.2) is 5.54 Å². The third-order valence-electron chi connectivity index (χ3n) is 4.72. The summed E-state index contributed by atoms with van der Waals surface area (Å²) in [6.45, 7) is 3.47. The fourth-order valence-corrected chi connectivity index (χ4v) is 3.47. The van der Waals surface area contributed by atoms with Crippen LogP contribution in [-0.2, 0) is 10.3 Å². The highest BCUT2D eigenvalue weighted by Gasteiger charge is 2.46. The van der Waals surface area contributed by atoms with Crippen LogP contribution in [0.15, 0.2) is 60.7 Å². The Balaban J connectivity index is 2.17. The Hall–Kier alpha value is -2.17. The number of rotatable bonds is 4. The molecule has 1 aliphatic rings. The first-order chi connectivity index (χ1) is 11.2. The Morgan fingerprint density at radius 3 is 1.70 bits per heavy atom. The van der Waals surface area contributed by atoms with Gasteiger partial charge in [-0.3, -0.25) is 9.69 Å². The largest absolute Gasteiger partial charge is 0.367 e. The molecule has 4 nitrogen and oxygen atoms in total. The van der Waals surface area contributed by atoms with Gasteiger partial charge in [-0.25, -0.2) is 0 Å². The highest BCUT2D eigenvalue weighted by atomic mass is 16.1. The van der Waals surface area contributed by atoms with Gasteiger partial charge in [0.2, 0.25) is 5.91 Å². The van der Waals surface area contributed by atoms with Crippen LogP contribution in [0.5, 0.6) is 0 Å². The first kappa shape index (κ1) is 15.7. The molecule has 1 saturated heterocycles. The van der Waals surface area contributed by atoms with Crippen molar-refractivity contribution < 1.29 is 4.79 Å². The summed E-state index contributed by atoms with van der Waals surface area (Å²) >= 11 is 0. The maximum atomic E-state index is 12.8. The van der Waals surface area contributed by atoms with Crippen molar-refractivity contribution in [1.82, 2.24) is 9.80 Å². The Bertz CT molecular complexity index is 609. The van der Waals surface area contributed by atoms with E-state index in [1.807, 2.05) is 60.7 Å². The molecule has 0 spiro atoms. The van der Waals surface area contributed by atoms with E-state index >= 15 is 0 Å². The van der Waals surface area contributed by atoms with E-state index in [-0.39, 0.29) is 5.91 Å². The molecule has 23 heavy (non-hydrogen) atoms. The lowest BCUT2D eigenvalue weighted by Crippen LogP contribution is -2.60. The number of hydrogen-bond acceptors (Lipinski definition) is 3. The van der Waals surface area contributed by atoms with Gasteiger partial charge in [0, 0.05) is 26.2 Å². The van der Waals surface area contributed by atoms with E-state index in [1.54, 1.807) is 0 Å². The van der Waals surface area contributed by atoms with E-state index in [0.29, 0.717) is 0 Å². The molecular formula is C19H23N3O. The lowest BCUT2D eigenvalue weighted by Gasteiger charge is -2.46. The van der Waals surface area contributed by atoms with Crippen LogP contribution in [0.2, 0.25) is 0 Å². The quantitative estimate of drug-likeness (QED) is 0.934. The van der Waals surface area contributed by atoms with E-state index in [4.69, 9.17) is 5.73 Å². The van der Waals surface area contributed by atoms with Gasteiger partial charge in [0.05, 0.1) is 0 Å². The van der Waals surface area contributed by atoms with Gasteiger partial charge in [-0.1, -0.05) is 60.7 Å². The third-order valence-corrected chi connectivity index (χ3v) is 4.72. The molecule has 2 aromatic rings. The molecule has 0 aliphatic carbocycles. The minimum absolute atomic E-state index is 0.320. The van der Waals surface area contributed by atoms with E-state index in [1.165, 1.54) is 0 Å². The van der Waals surface area contributed by atoms with Crippen LogP contribution in [0.25, 0.3) is 0 Å². The second-order valence-electron chi connectivity index (χ2n) is 6.10. The second-order valence-corrected chi connectivity index (χ2v) is 6.10. The van der Waals surface area contributed by atoms with Gasteiger partial charge in [-0.05, 0) is 18.2 Å². The van der Waals surface area contributed by atoms with Crippen LogP contribution in [-0.4, -0.2) is 48.9 Å². The summed E-state index contributed by atoms with van der Waals surface area (Å²) in [5.41, 5.74) is 6.96. The smallest absolute Gasteiger partial charge is 0.247 e. The predicted octanol–water partition coefficient (Wildman–Crippen LogP) is 1.66. The van der Waals surface area contributed by atoms with Gasteiger partial charge >= 0.3 is 0 Å². The van der Waals surface area contributed by atoms with Gasteiger partial charge in [0.25, 0.3) is 0 Å². The van der Waals surface area contributed by atoms with Crippen molar-refractivity contribution in [1.29, 1.82) is 0 Å². The summed E-state index contributed by atoms with van der Waals surface area (Å²) < 4.78 is 0. The van der Waals surface area contributed by atoms with Crippen molar-refractivity contribution >= 4 is 5.91 Å². The number of hydrogen-bond donors (Lipinski definition) is 1. The molecule has 1 fully saturated rings. The highest BCUT2D eigenvalue weighted by Crippen LogP contribution is 2.36. The Labute approximate surface area is 137 Å². The first-order valence-corrected chi connectivity index (χ1v) is 8.00. The molecule has 120 valence electrons.